The van der Waals surface area contributed by atoms with Crippen molar-refractivity contribution in [2.75, 3.05) is 7.11 Å². The highest BCUT2D eigenvalue weighted by Gasteiger charge is 2.32. The quantitative estimate of drug-likeness (QED) is 0.630. The predicted octanol–water partition coefficient (Wildman–Crippen LogP) is 2.56. The summed E-state index contributed by atoms with van der Waals surface area (Å²) in [6, 6.07) is 2.95. The summed E-state index contributed by atoms with van der Waals surface area (Å²) >= 11 is 0. The third-order valence-corrected chi connectivity index (χ3v) is 4.24. The molecule has 1 aromatic carbocycles. The second-order valence-electron chi connectivity index (χ2n) is 4.93. The Morgan fingerprint density at radius 3 is 2.20 bits per heavy atom. The summed E-state index contributed by atoms with van der Waals surface area (Å²) in [4.78, 5) is 11.6. The fraction of sp³-hybridized carbons (Fsp3) is 0.462. The molecule has 20 heavy (non-hydrogen) atoms. The Labute approximate surface area is 123 Å². The molecule has 0 amide bonds. The van der Waals surface area contributed by atoms with Crippen LogP contribution < -0.4 is 4.74 Å². The molecule has 0 radical (unpaired) electrons. The van der Waals surface area contributed by atoms with Crippen LogP contribution in [0.5, 0.6) is 5.75 Å². The highest BCUT2D eigenvalue weighted by Crippen LogP contribution is 2.30. The number of rotatable bonds is 4. The molecule has 0 N–H and O–H groups in total. The highest BCUT2D eigenvalue weighted by atomic mass is 35.7. The SMILES string of the molecule is COC(=O)C(C)(C)Oc1cc(C)c(S(=O)(=O)Cl)cc1C. The summed E-state index contributed by atoms with van der Waals surface area (Å²) in [5, 5.41) is 0. The van der Waals surface area contributed by atoms with Crippen molar-refractivity contribution < 1.29 is 22.7 Å². The molecule has 0 spiro atoms. The fourth-order valence-corrected chi connectivity index (χ4v) is 2.96. The number of benzene rings is 1. The highest BCUT2D eigenvalue weighted by molar-refractivity contribution is 8.13. The van der Waals surface area contributed by atoms with Crippen molar-refractivity contribution in [3.8, 4) is 5.75 Å². The van der Waals surface area contributed by atoms with Crippen LogP contribution in [0.15, 0.2) is 17.0 Å². The lowest BCUT2D eigenvalue weighted by molar-refractivity contribution is -0.156. The Morgan fingerprint density at radius 1 is 1.20 bits per heavy atom. The van der Waals surface area contributed by atoms with Gasteiger partial charge in [-0.3, -0.25) is 0 Å². The van der Waals surface area contributed by atoms with Gasteiger partial charge in [0.25, 0.3) is 9.05 Å². The zero-order valence-electron chi connectivity index (χ0n) is 12.0. The Balaban J connectivity index is 3.24. The lowest BCUT2D eigenvalue weighted by Crippen LogP contribution is -2.39. The lowest BCUT2D eigenvalue weighted by Gasteiger charge is -2.25. The maximum Gasteiger partial charge on any atom is 0.349 e. The lowest BCUT2D eigenvalue weighted by atomic mass is 10.1. The standard InChI is InChI=1S/C13H17ClO5S/c1-8-7-11(20(14,16)17)9(2)6-10(8)19-13(3,4)12(15)18-5/h6-7H,1-5H3. The van der Waals surface area contributed by atoms with Crippen LogP contribution in [-0.2, 0) is 18.6 Å². The van der Waals surface area contributed by atoms with E-state index in [4.69, 9.17) is 15.4 Å². The molecule has 1 rings (SSSR count). The van der Waals surface area contributed by atoms with Crippen LogP contribution in [-0.4, -0.2) is 27.1 Å². The molecular formula is C13H17ClO5S. The van der Waals surface area contributed by atoms with E-state index in [-0.39, 0.29) is 4.90 Å². The number of carbonyl (C=O) groups is 1. The van der Waals surface area contributed by atoms with Crippen molar-refractivity contribution in [1.29, 1.82) is 0 Å². The first-order valence-corrected chi connectivity index (χ1v) is 8.13. The molecule has 0 saturated carbocycles. The molecule has 112 valence electrons. The van der Waals surface area contributed by atoms with Gasteiger partial charge in [0.05, 0.1) is 12.0 Å². The van der Waals surface area contributed by atoms with Crippen LogP contribution >= 0.6 is 10.7 Å². The van der Waals surface area contributed by atoms with Gasteiger partial charge < -0.3 is 9.47 Å². The maximum absolute atomic E-state index is 11.6. The minimum Gasteiger partial charge on any atom is -0.476 e. The van der Waals surface area contributed by atoms with Crippen molar-refractivity contribution in [1.82, 2.24) is 0 Å². The molecular weight excluding hydrogens is 304 g/mol. The Kier molecular flexibility index (Phi) is 4.71. The zero-order valence-corrected chi connectivity index (χ0v) is 13.6. The minimum absolute atomic E-state index is 0.0277. The van der Waals surface area contributed by atoms with Crippen LogP contribution in [0.2, 0.25) is 0 Å². The third kappa shape index (κ3) is 3.64. The summed E-state index contributed by atoms with van der Waals surface area (Å²) in [7, 11) is 2.81. The van der Waals surface area contributed by atoms with Crippen LogP contribution in [0.4, 0.5) is 0 Å². The number of carbonyl (C=O) groups excluding carboxylic acids is 1. The van der Waals surface area contributed by atoms with Crippen molar-refractivity contribution >= 4 is 25.7 Å². The molecule has 7 heteroatoms. The minimum atomic E-state index is -3.81. The van der Waals surface area contributed by atoms with E-state index in [9.17, 15) is 13.2 Å². The topological polar surface area (TPSA) is 69.7 Å². The average molecular weight is 321 g/mol. The molecule has 0 bridgehead atoms. The summed E-state index contributed by atoms with van der Waals surface area (Å²) < 4.78 is 33.1. The number of hydrogen-bond acceptors (Lipinski definition) is 5. The van der Waals surface area contributed by atoms with E-state index in [1.807, 2.05) is 0 Å². The van der Waals surface area contributed by atoms with Crippen LogP contribution in [0, 0.1) is 13.8 Å². The van der Waals surface area contributed by atoms with E-state index in [1.54, 1.807) is 27.7 Å². The molecule has 0 unspecified atom stereocenters. The molecule has 0 aliphatic carbocycles. The number of methoxy groups -OCH3 is 1. The molecule has 0 aliphatic rings. The molecule has 0 fully saturated rings. The largest absolute Gasteiger partial charge is 0.476 e. The van der Waals surface area contributed by atoms with E-state index >= 15 is 0 Å². The molecule has 5 nitrogen and oxygen atoms in total. The number of ether oxygens (including phenoxy) is 2. The summed E-state index contributed by atoms with van der Waals surface area (Å²) in [5.74, 6) is -0.120. The van der Waals surface area contributed by atoms with Crippen molar-refractivity contribution in [2.24, 2.45) is 0 Å². The first kappa shape index (κ1) is 16.8. The number of esters is 1. The third-order valence-electron chi connectivity index (χ3n) is 2.78. The van der Waals surface area contributed by atoms with Gasteiger partial charge in [-0.1, -0.05) is 0 Å². The molecule has 0 atom stereocenters. The first-order valence-electron chi connectivity index (χ1n) is 5.82. The van der Waals surface area contributed by atoms with E-state index < -0.39 is 20.6 Å². The first-order chi connectivity index (χ1) is 8.99. The Bertz CT molecular complexity index is 634. The van der Waals surface area contributed by atoms with Crippen LogP contribution in [0.3, 0.4) is 0 Å². The van der Waals surface area contributed by atoms with Crippen LogP contribution in [0.1, 0.15) is 25.0 Å². The smallest absolute Gasteiger partial charge is 0.349 e. The summed E-state index contributed by atoms with van der Waals surface area (Å²) in [6.45, 7) is 6.42. The zero-order chi connectivity index (χ0) is 15.7. The van der Waals surface area contributed by atoms with Crippen LogP contribution in [0.25, 0.3) is 0 Å². The second kappa shape index (κ2) is 5.61. The number of halogens is 1. The Hall–Kier alpha value is -1.27. The van der Waals surface area contributed by atoms with Gasteiger partial charge in [0.1, 0.15) is 5.75 Å². The predicted molar refractivity (Wildman–Crippen MR) is 75.7 cm³/mol. The van der Waals surface area contributed by atoms with Gasteiger partial charge in [-0.25, -0.2) is 13.2 Å². The molecule has 1 aromatic rings. The monoisotopic (exact) mass is 320 g/mol. The van der Waals surface area contributed by atoms with E-state index in [1.165, 1.54) is 19.2 Å². The Morgan fingerprint density at radius 2 is 1.75 bits per heavy atom. The van der Waals surface area contributed by atoms with Gasteiger partial charge in [-0.2, -0.15) is 0 Å². The van der Waals surface area contributed by atoms with E-state index in [2.05, 4.69) is 4.74 Å². The van der Waals surface area contributed by atoms with Gasteiger partial charge in [0, 0.05) is 10.7 Å². The maximum atomic E-state index is 11.6. The summed E-state index contributed by atoms with van der Waals surface area (Å²) in [5.41, 5.74) is -0.166. The normalized spacial score (nSPS) is 12.1. The van der Waals surface area contributed by atoms with Crippen molar-refractivity contribution in [3.63, 3.8) is 0 Å². The fourth-order valence-electron chi connectivity index (χ4n) is 1.70. The van der Waals surface area contributed by atoms with Gasteiger partial charge >= 0.3 is 5.97 Å². The van der Waals surface area contributed by atoms with Gasteiger partial charge in [-0.05, 0) is 51.0 Å². The van der Waals surface area contributed by atoms with E-state index in [0.717, 1.165) is 0 Å². The molecule has 0 heterocycles. The van der Waals surface area contributed by atoms with Gasteiger partial charge in [0.15, 0.2) is 5.60 Å². The van der Waals surface area contributed by atoms with Gasteiger partial charge in [-0.15, -0.1) is 0 Å². The molecule has 0 aromatic heterocycles. The average Bonchev–Trinajstić information content (AvgIpc) is 2.30. The molecule has 0 saturated heterocycles. The molecule has 0 aliphatic heterocycles. The van der Waals surface area contributed by atoms with Gasteiger partial charge in [0.2, 0.25) is 0 Å². The number of aryl methyl sites for hydroxylation is 2. The van der Waals surface area contributed by atoms with Crippen molar-refractivity contribution in [3.05, 3.63) is 23.3 Å². The van der Waals surface area contributed by atoms with Crippen molar-refractivity contribution in [2.45, 2.75) is 38.2 Å². The second-order valence-corrected chi connectivity index (χ2v) is 7.46. The van der Waals surface area contributed by atoms with E-state index in [0.29, 0.717) is 16.9 Å². The summed E-state index contributed by atoms with van der Waals surface area (Å²) in [6.07, 6.45) is 0. The number of hydrogen-bond donors (Lipinski definition) is 0.